The Bertz CT molecular complexity index is 642. The predicted octanol–water partition coefficient (Wildman–Crippen LogP) is 0.770. The molecule has 0 bridgehead atoms. The number of carbonyl (C=O) groups is 1. The van der Waals surface area contributed by atoms with E-state index in [1.165, 1.54) is 0 Å². The second-order valence-corrected chi connectivity index (χ2v) is 6.50. The molecular weight excluding hydrogens is 299 g/mol. The van der Waals surface area contributed by atoms with Gasteiger partial charge in [0.2, 0.25) is 10.0 Å². The Labute approximate surface area is 122 Å². The van der Waals surface area contributed by atoms with Gasteiger partial charge in [0.05, 0.1) is 11.0 Å². The normalized spacial score (nSPS) is 21.7. The molecule has 0 radical (unpaired) electrons. The van der Waals surface area contributed by atoms with E-state index in [9.17, 15) is 17.6 Å². The van der Waals surface area contributed by atoms with Gasteiger partial charge in [0, 0.05) is 18.2 Å². The number of ether oxygens (including phenoxy) is 1. The summed E-state index contributed by atoms with van der Waals surface area (Å²) in [5.74, 6) is -1.35. The molecule has 3 N–H and O–H groups in total. The van der Waals surface area contributed by atoms with E-state index in [0.29, 0.717) is 19.4 Å². The molecule has 1 fully saturated rings. The number of rotatable bonds is 5. The predicted molar refractivity (Wildman–Crippen MR) is 73.7 cm³/mol. The van der Waals surface area contributed by atoms with Crippen molar-refractivity contribution in [2.24, 2.45) is 5.14 Å². The molecule has 1 saturated carbocycles. The molecule has 21 heavy (non-hydrogen) atoms. The number of amides is 1. The van der Waals surface area contributed by atoms with E-state index < -0.39 is 26.6 Å². The lowest BCUT2D eigenvalue weighted by Crippen LogP contribution is -2.47. The first-order valence-corrected chi connectivity index (χ1v) is 8.10. The lowest BCUT2D eigenvalue weighted by Gasteiger charge is -2.35. The van der Waals surface area contributed by atoms with Crippen LogP contribution in [0.2, 0.25) is 0 Å². The third kappa shape index (κ3) is 3.99. The lowest BCUT2D eigenvalue weighted by atomic mass is 9.89. The van der Waals surface area contributed by atoms with Crippen molar-refractivity contribution >= 4 is 15.9 Å². The molecule has 0 aliphatic heterocycles. The molecular formula is C13H17FN2O4S. The van der Waals surface area contributed by atoms with E-state index in [1.807, 2.05) is 6.92 Å². The number of halogens is 1. The van der Waals surface area contributed by atoms with Crippen LogP contribution in [0.1, 0.15) is 30.1 Å². The van der Waals surface area contributed by atoms with Crippen LogP contribution in [0.15, 0.2) is 23.1 Å². The molecule has 0 heterocycles. The zero-order valence-electron chi connectivity index (χ0n) is 11.5. The van der Waals surface area contributed by atoms with Crippen molar-refractivity contribution in [1.82, 2.24) is 5.32 Å². The number of carbonyl (C=O) groups excluding carboxylic acids is 1. The molecule has 116 valence electrons. The molecule has 1 aromatic carbocycles. The minimum Gasteiger partial charge on any atom is -0.378 e. The Morgan fingerprint density at radius 2 is 2.10 bits per heavy atom. The van der Waals surface area contributed by atoms with Crippen LogP contribution in [0.3, 0.4) is 0 Å². The first-order valence-electron chi connectivity index (χ1n) is 6.55. The van der Waals surface area contributed by atoms with Crippen LogP contribution < -0.4 is 10.5 Å². The molecule has 0 atom stereocenters. The summed E-state index contributed by atoms with van der Waals surface area (Å²) in [6.45, 7) is 2.51. The summed E-state index contributed by atoms with van der Waals surface area (Å²) in [6.07, 6.45) is 1.52. The van der Waals surface area contributed by atoms with Gasteiger partial charge in [0.25, 0.3) is 5.91 Å². The quantitative estimate of drug-likeness (QED) is 0.838. The minimum atomic E-state index is -4.06. The van der Waals surface area contributed by atoms with Gasteiger partial charge < -0.3 is 10.1 Å². The third-order valence-corrected chi connectivity index (χ3v) is 4.19. The summed E-state index contributed by atoms with van der Waals surface area (Å²) >= 11 is 0. The Balaban J connectivity index is 2.05. The van der Waals surface area contributed by atoms with Crippen LogP contribution in [-0.4, -0.2) is 33.1 Å². The largest absolute Gasteiger partial charge is 0.378 e. The maximum absolute atomic E-state index is 13.4. The number of primary sulfonamides is 1. The number of benzene rings is 1. The van der Waals surface area contributed by atoms with Gasteiger partial charge in [-0.1, -0.05) is 0 Å². The van der Waals surface area contributed by atoms with Gasteiger partial charge in [0.1, 0.15) is 5.82 Å². The second-order valence-electron chi connectivity index (χ2n) is 4.94. The Morgan fingerprint density at radius 1 is 1.43 bits per heavy atom. The summed E-state index contributed by atoms with van der Waals surface area (Å²) < 4.78 is 41.2. The van der Waals surface area contributed by atoms with E-state index in [2.05, 4.69) is 5.32 Å². The first-order chi connectivity index (χ1) is 9.79. The average Bonchev–Trinajstić information content (AvgIpc) is 2.34. The summed E-state index contributed by atoms with van der Waals surface area (Å²) in [7, 11) is -4.06. The van der Waals surface area contributed by atoms with E-state index in [4.69, 9.17) is 9.88 Å². The van der Waals surface area contributed by atoms with Crippen molar-refractivity contribution in [1.29, 1.82) is 0 Å². The highest BCUT2D eigenvalue weighted by atomic mass is 32.2. The summed E-state index contributed by atoms with van der Waals surface area (Å²) in [5, 5.41) is 7.65. The molecule has 2 rings (SSSR count). The lowest BCUT2D eigenvalue weighted by molar-refractivity contribution is -0.00863. The van der Waals surface area contributed by atoms with Crippen molar-refractivity contribution in [3.63, 3.8) is 0 Å². The second kappa shape index (κ2) is 6.08. The van der Waals surface area contributed by atoms with Gasteiger partial charge in [-0.3, -0.25) is 4.79 Å². The summed E-state index contributed by atoms with van der Waals surface area (Å²) in [6, 6.07) is 2.77. The average molecular weight is 316 g/mol. The highest BCUT2D eigenvalue weighted by Gasteiger charge is 2.31. The number of hydrogen-bond acceptors (Lipinski definition) is 4. The standard InChI is InChI=1S/C13H17FN2O4S/c1-2-20-11-6-10(7-11)16-13(17)8-3-9(14)5-12(4-8)21(15,18)19/h3-5,10-11H,2,6-7H2,1H3,(H,16,17)(H2,15,18,19). The monoisotopic (exact) mass is 316 g/mol. The van der Waals surface area contributed by atoms with Crippen molar-refractivity contribution in [2.45, 2.75) is 36.8 Å². The number of sulfonamides is 1. The number of hydrogen-bond donors (Lipinski definition) is 2. The molecule has 1 aliphatic carbocycles. The smallest absolute Gasteiger partial charge is 0.251 e. The third-order valence-electron chi connectivity index (χ3n) is 3.29. The van der Waals surface area contributed by atoms with Crippen LogP contribution >= 0.6 is 0 Å². The first kappa shape index (κ1) is 15.9. The highest BCUT2D eigenvalue weighted by molar-refractivity contribution is 7.89. The Hall–Kier alpha value is -1.51. The molecule has 6 nitrogen and oxygen atoms in total. The van der Waals surface area contributed by atoms with Gasteiger partial charge in [-0.15, -0.1) is 0 Å². The molecule has 0 spiro atoms. The van der Waals surface area contributed by atoms with E-state index >= 15 is 0 Å². The van der Waals surface area contributed by atoms with Crippen LogP contribution in [0, 0.1) is 5.82 Å². The van der Waals surface area contributed by atoms with Crippen molar-refractivity contribution in [3.8, 4) is 0 Å². The fraction of sp³-hybridized carbons (Fsp3) is 0.462. The molecule has 1 aromatic rings. The van der Waals surface area contributed by atoms with Crippen molar-refractivity contribution in [2.75, 3.05) is 6.61 Å². The molecule has 0 aromatic heterocycles. The molecule has 8 heteroatoms. The topological polar surface area (TPSA) is 98.5 Å². The maximum atomic E-state index is 13.4. The molecule has 1 aliphatic rings. The van der Waals surface area contributed by atoms with Gasteiger partial charge in [-0.25, -0.2) is 17.9 Å². The number of nitrogens with one attached hydrogen (secondary N) is 1. The maximum Gasteiger partial charge on any atom is 0.251 e. The van der Waals surface area contributed by atoms with E-state index in [0.717, 1.165) is 18.2 Å². The summed E-state index contributed by atoms with van der Waals surface area (Å²) in [5.41, 5.74) is -0.0705. The van der Waals surface area contributed by atoms with Gasteiger partial charge in [0.15, 0.2) is 0 Å². The van der Waals surface area contributed by atoms with Gasteiger partial charge in [-0.05, 0) is 38.0 Å². The molecule has 1 amide bonds. The zero-order chi connectivity index (χ0) is 15.6. The van der Waals surface area contributed by atoms with Crippen molar-refractivity contribution in [3.05, 3.63) is 29.6 Å². The molecule has 0 saturated heterocycles. The van der Waals surface area contributed by atoms with Crippen molar-refractivity contribution < 1.29 is 22.3 Å². The van der Waals surface area contributed by atoms with Gasteiger partial charge in [-0.2, -0.15) is 0 Å². The SMILES string of the molecule is CCOC1CC(NC(=O)c2cc(F)cc(S(N)(=O)=O)c2)C1. The van der Waals surface area contributed by atoms with E-state index in [1.54, 1.807) is 0 Å². The Morgan fingerprint density at radius 3 is 2.67 bits per heavy atom. The van der Waals surface area contributed by atoms with Crippen LogP contribution in [0.5, 0.6) is 0 Å². The highest BCUT2D eigenvalue weighted by Crippen LogP contribution is 2.23. The fourth-order valence-electron chi connectivity index (χ4n) is 2.18. The Kier molecular flexibility index (Phi) is 4.60. The number of nitrogens with two attached hydrogens (primary N) is 1. The van der Waals surface area contributed by atoms with Crippen LogP contribution in [0.25, 0.3) is 0 Å². The molecule has 0 unspecified atom stereocenters. The zero-order valence-corrected chi connectivity index (χ0v) is 12.3. The van der Waals surface area contributed by atoms with Crippen LogP contribution in [-0.2, 0) is 14.8 Å². The summed E-state index contributed by atoms with van der Waals surface area (Å²) in [4.78, 5) is 11.6. The van der Waals surface area contributed by atoms with Crippen LogP contribution in [0.4, 0.5) is 4.39 Å². The van der Waals surface area contributed by atoms with Gasteiger partial charge >= 0.3 is 0 Å². The van der Waals surface area contributed by atoms with E-state index in [-0.39, 0.29) is 17.7 Å². The minimum absolute atomic E-state index is 0.0461. The fourth-order valence-corrected chi connectivity index (χ4v) is 2.75.